The van der Waals surface area contributed by atoms with Crippen LogP contribution in [0.4, 0.5) is 4.39 Å². The highest BCUT2D eigenvalue weighted by Crippen LogP contribution is 2.38. The van der Waals surface area contributed by atoms with E-state index < -0.39 is 17.7 Å². The number of Topliss-reactive ketones (excluding diaryl/α,β-unsaturated/α-hetero) is 2. The second-order valence-electron chi connectivity index (χ2n) is 8.34. The number of pyridine rings is 1. The molecule has 32 heavy (non-hydrogen) atoms. The number of hydrogen-bond donors (Lipinski definition) is 1. The highest BCUT2D eigenvalue weighted by Gasteiger charge is 2.44. The number of aryl methyl sites for hydroxylation is 2. The lowest BCUT2D eigenvalue weighted by Gasteiger charge is -2.18. The van der Waals surface area contributed by atoms with Crippen molar-refractivity contribution >= 4 is 29.1 Å². The summed E-state index contributed by atoms with van der Waals surface area (Å²) in [6.07, 6.45) is 1.36. The lowest BCUT2D eigenvalue weighted by Crippen LogP contribution is -2.37. The largest absolute Gasteiger partial charge is 0.383 e. The zero-order chi connectivity index (χ0) is 23.6. The molecule has 1 aliphatic carbocycles. The van der Waals surface area contributed by atoms with Gasteiger partial charge >= 0.3 is 0 Å². The van der Waals surface area contributed by atoms with Crippen molar-refractivity contribution in [2.24, 2.45) is 5.92 Å². The number of ether oxygens (including phenoxy) is 1. The Kier molecular flexibility index (Phi) is 7.41. The van der Waals surface area contributed by atoms with Crippen molar-refractivity contribution in [1.29, 1.82) is 0 Å². The van der Waals surface area contributed by atoms with Gasteiger partial charge in [0.05, 0.1) is 11.6 Å². The Bertz CT molecular complexity index is 1050. The molecule has 6 nitrogen and oxygen atoms in total. The third-order valence-electron chi connectivity index (χ3n) is 5.68. The van der Waals surface area contributed by atoms with Crippen LogP contribution < -0.4 is 5.32 Å². The first-order chi connectivity index (χ1) is 15.1. The minimum Gasteiger partial charge on any atom is -0.383 e. The minimum absolute atomic E-state index is 0.0313. The molecule has 1 amide bonds. The maximum Gasteiger partial charge on any atom is 0.221 e. The number of rotatable bonds is 7. The average Bonchev–Trinajstić information content (AvgIpc) is 2.95. The molecular formula is C24H26ClFN2O4. The molecule has 170 valence electrons. The molecule has 0 spiro atoms. The van der Waals surface area contributed by atoms with Crippen LogP contribution in [-0.2, 0) is 19.1 Å². The van der Waals surface area contributed by atoms with Crippen LogP contribution in [0.2, 0.25) is 5.02 Å². The van der Waals surface area contributed by atoms with Gasteiger partial charge in [-0.3, -0.25) is 19.4 Å². The van der Waals surface area contributed by atoms with E-state index in [1.807, 2.05) is 0 Å². The second kappa shape index (κ2) is 9.88. The highest BCUT2D eigenvalue weighted by molar-refractivity contribution is 6.30. The van der Waals surface area contributed by atoms with E-state index in [0.29, 0.717) is 28.9 Å². The Morgan fingerprint density at radius 1 is 1.28 bits per heavy atom. The maximum atomic E-state index is 14.3. The van der Waals surface area contributed by atoms with E-state index in [4.69, 9.17) is 16.3 Å². The van der Waals surface area contributed by atoms with E-state index in [1.54, 1.807) is 40.0 Å². The van der Waals surface area contributed by atoms with Gasteiger partial charge in [-0.25, -0.2) is 4.39 Å². The average molecular weight is 461 g/mol. The van der Waals surface area contributed by atoms with Crippen LogP contribution in [0.25, 0.3) is 11.3 Å². The van der Waals surface area contributed by atoms with Gasteiger partial charge in [-0.2, -0.15) is 0 Å². The van der Waals surface area contributed by atoms with E-state index in [-0.39, 0.29) is 47.1 Å². The van der Waals surface area contributed by atoms with E-state index >= 15 is 0 Å². The van der Waals surface area contributed by atoms with Gasteiger partial charge < -0.3 is 10.1 Å². The van der Waals surface area contributed by atoms with Gasteiger partial charge in [0.1, 0.15) is 17.4 Å². The molecule has 3 atom stereocenters. The number of nitrogens with one attached hydrogen (secondary N) is 1. The van der Waals surface area contributed by atoms with Crippen molar-refractivity contribution in [2.75, 3.05) is 13.7 Å². The number of hydrogen-bond acceptors (Lipinski definition) is 5. The van der Waals surface area contributed by atoms with Crippen molar-refractivity contribution in [3.8, 4) is 11.3 Å². The van der Waals surface area contributed by atoms with Crippen LogP contribution >= 0.6 is 11.6 Å². The zero-order valence-electron chi connectivity index (χ0n) is 18.5. The molecule has 2 aromatic rings. The number of carbonyl (C=O) groups is 3. The molecular weight excluding hydrogens is 435 g/mol. The lowest BCUT2D eigenvalue weighted by molar-refractivity contribution is -0.129. The number of carbonyl (C=O) groups excluding carboxylic acids is 3. The van der Waals surface area contributed by atoms with Gasteiger partial charge in [0.2, 0.25) is 5.91 Å². The van der Waals surface area contributed by atoms with Crippen LogP contribution in [0.15, 0.2) is 24.4 Å². The van der Waals surface area contributed by atoms with E-state index in [2.05, 4.69) is 10.3 Å². The van der Waals surface area contributed by atoms with Gasteiger partial charge in [0.25, 0.3) is 0 Å². The summed E-state index contributed by atoms with van der Waals surface area (Å²) in [5.74, 6) is -2.86. The molecule has 0 saturated heterocycles. The number of methoxy groups -OCH3 is 1. The Labute approximate surface area is 191 Å². The summed E-state index contributed by atoms with van der Waals surface area (Å²) in [6, 6.07) is 4.44. The zero-order valence-corrected chi connectivity index (χ0v) is 19.3. The third kappa shape index (κ3) is 5.05. The minimum atomic E-state index is -0.915. The van der Waals surface area contributed by atoms with Crippen LogP contribution in [-0.4, -0.2) is 42.2 Å². The smallest absolute Gasteiger partial charge is 0.221 e. The number of halogens is 2. The molecule has 3 unspecified atom stereocenters. The third-order valence-corrected chi connectivity index (χ3v) is 5.88. The Balaban J connectivity index is 1.84. The first-order valence-corrected chi connectivity index (χ1v) is 10.8. The summed E-state index contributed by atoms with van der Waals surface area (Å²) in [5.41, 5.74) is 2.70. The summed E-state index contributed by atoms with van der Waals surface area (Å²) in [5, 5.41) is 2.98. The summed E-state index contributed by atoms with van der Waals surface area (Å²) in [4.78, 5) is 42.3. The second-order valence-corrected chi connectivity index (χ2v) is 8.77. The van der Waals surface area contributed by atoms with Crippen molar-refractivity contribution in [3.05, 3.63) is 51.9 Å². The topological polar surface area (TPSA) is 85.4 Å². The quantitative estimate of drug-likeness (QED) is 0.632. The molecule has 1 aromatic heterocycles. The molecule has 0 radical (unpaired) electrons. The predicted molar refractivity (Wildman–Crippen MR) is 119 cm³/mol. The Morgan fingerprint density at radius 3 is 2.53 bits per heavy atom. The molecule has 0 bridgehead atoms. The van der Waals surface area contributed by atoms with Crippen molar-refractivity contribution in [1.82, 2.24) is 10.3 Å². The van der Waals surface area contributed by atoms with Crippen molar-refractivity contribution in [2.45, 2.75) is 45.6 Å². The molecule has 0 aliphatic heterocycles. The lowest BCUT2D eigenvalue weighted by atomic mass is 9.85. The Hall–Kier alpha value is -2.64. The van der Waals surface area contributed by atoms with Gasteiger partial charge in [-0.15, -0.1) is 0 Å². The molecule has 1 aliphatic rings. The summed E-state index contributed by atoms with van der Waals surface area (Å²) in [7, 11) is 1.54. The van der Waals surface area contributed by atoms with Crippen molar-refractivity contribution < 1.29 is 23.5 Å². The maximum absolute atomic E-state index is 14.3. The number of ketones is 2. The Morgan fingerprint density at radius 2 is 1.94 bits per heavy atom. The van der Waals surface area contributed by atoms with Crippen LogP contribution in [0.3, 0.4) is 0 Å². The summed E-state index contributed by atoms with van der Waals surface area (Å²) in [6.45, 7) is 5.73. The van der Waals surface area contributed by atoms with Crippen LogP contribution in [0.5, 0.6) is 0 Å². The predicted octanol–water partition coefficient (Wildman–Crippen LogP) is 3.94. The summed E-state index contributed by atoms with van der Waals surface area (Å²) < 4.78 is 19.3. The monoisotopic (exact) mass is 460 g/mol. The van der Waals surface area contributed by atoms with Crippen molar-refractivity contribution in [3.63, 3.8) is 0 Å². The molecule has 3 rings (SSSR count). The molecule has 1 fully saturated rings. The molecule has 1 aromatic carbocycles. The van der Waals surface area contributed by atoms with Crippen LogP contribution in [0.1, 0.15) is 42.4 Å². The molecule has 1 saturated carbocycles. The fraction of sp³-hybridized carbons (Fsp3) is 0.417. The fourth-order valence-corrected chi connectivity index (χ4v) is 4.52. The highest BCUT2D eigenvalue weighted by atomic mass is 35.5. The SMILES string of the molecule is COCC(C)NC(=O)CC1CC(=O)C(c2c(C)cc(-c3ncc(Cl)cc3F)cc2C)C1=O. The van der Waals surface area contributed by atoms with E-state index in [1.165, 1.54) is 12.3 Å². The van der Waals surface area contributed by atoms with Gasteiger partial charge in [0, 0.05) is 43.7 Å². The standard InChI is InChI=1S/C24H26ClFN2O4/c1-12-5-15(23-18(26)9-17(25)10-27-23)6-13(2)21(12)22-19(29)7-16(24(22)31)8-20(30)28-14(3)11-32-4/h5-6,9-10,14,16,22H,7-8,11H2,1-4H3,(H,28,30). The number of nitrogens with zero attached hydrogens (tertiary/aromatic N) is 1. The fourth-order valence-electron chi connectivity index (χ4n) is 4.37. The summed E-state index contributed by atoms with van der Waals surface area (Å²) >= 11 is 5.79. The van der Waals surface area contributed by atoms with Crippen LogP contribution in [0, 0.1) is 25.6 Å². The van der Waals surface area contributed by atoms with Gasteiger partial charge in [-0.05, 0) is 55.7 Å². The normalized spacial score (nSPS) is 19.3. The van der Waals surface area contributed by atoms with E-state index in [9.17, 15) is 18.8 Å². The van der Waals surface area contributed by atoms with Gasteiger partial charge in [-0.1, -0.05) is 11.6 Å². The first-order valence-electron chi connectivity index (χ1n) is 10.4. The van der Waals surface area contributed by atoms with E-state index in [0.717, 1.165) is 0 Å². The number of amides is 1. The molecule has 1 heterocycles. The van der Waals surface area contributed by atoms with Gasteiger partial charge in [0.15, 0.2) is 11.6 Å². The first kappa shape index (κ1) is 24.0. The molecule has 1 N–H and O–H groups in total. The number of benzene rings is 1. The molecule has 8 heteroatoms. The number of aromatic nitrogens is 1.